The smallest absolute Gasteiger partial charge is 0.0624 e. The maximum absolute atomic E-state index is 8.37. The Morgan fingerprint density at radius 2 is 1.67 bits per heavy atom. The zero-order valence-electron chi connectivity index (χ0n) is 8.47. The van der Waals surface area contributed by atoms with E-state index in [4.69, 9.17) is 5.26 Å². The van der Waals surface area contributed by atoms with Gasteiger partial charge in [-0.25, -0.2) is 0 Å². The molecule has 0 aromatic heterocycles. The summed E-state index contributed by atoms with van der Waals surface area (Å²) in [4.78, 5) is 0. The van der Waals surface area contributed by atoms with Gasteiger partial charge in [0.15, 0.2) is 0 Å². The molecule has 0 bridgehead atoms. The number of hydrogen-bond donors (Lipinski definition) is 0. The van der Waals surface area contributed by atoms with Gasteiger partial charge in [0.05, 0.1) is 6.07 Å². The van der Waals surface area contributed by atoms with E-state index in [2.05, 4.69) is 19.9 Å². The number of nitrogens with zero attached hydrogens (tertiary/aromatic N) is 1. The van der Waals surface area contributed by atoms with Crippen molar-refractivity contribution in [3.05, 3.63) is 0 Å². The van der Waals surface area contributed by atoms with E-state index in [0.717, 1.165) is 12.3 Å². The number of hydrogen-bond acceptors (Lipinski definition) is 1. The van der Waals surface area contributed by atoms with E-state index in [9.17, 15) is 0 Å². The maximum Gasteiger partial charge on any atom is 0.0624 e. The summed E-state index contributed by atoms with van der Waals surface area (Å²) in [5, 5.41) is 8.37. The molecule has 0 aliphatic heterocycles. The zero-order valence-corrected chi connectivity index (χ0v) is 8.47. The Kier molecular flexibility index (Phi) is 8.22. The van der Waals surface area contributed by atoms with E-state index in [0.29, 0.717) is 0 Å². The highest BCUT2D eigenvalue weighted by atomic mass is 14.3. The normalized spacial score (nSPS) is 17.4. The number of nitriles is 1. The summed E-state index contributed by atoms with van der Waals surface area (Å²) in [5.41, 5.74) is 0. The lowest BCUT2D eigenvalue weighted by Gasteiger charge is -2.17. The average molecular weight is 167 g/mol. The maximum atomic E-state index is 8.37. The molecule has 0 aromatic rings. The van der Waals surface area contributed by atoms with Gasteiger partial charge in [-0.3, -0.25) is 0 Å². The Morgan fingerprint density at radius 1 is 1.17 bits per heavy atom. The SMILES string of the molecule is CCC.N#CCC1CCCCC1. The topological polar surface area (TPSA) is 23.8 Å². The molecule has 0 amide bonds. The first kappa shape index (κ1) is 11.5. The van der Waals surface area contributed by atoms with Crippen LogP contribution in [0.2, 0.25) is 0 Å². The van der Waals surface area contributed by atoms with Crippen LogP contribution in [0.1, 0.15) is 58.8 Å². The van der Waals surface area contributed by atoms with Gasteiger partial charge in [-0.05, 0) is 18.8 Å². The molecule has 1 rings (SSSR count). The fourth-order valence-corrected chi connectivity index (χ4v) is 1.52. The molecule has 0 atom stereocenters. The molecule has 1 fully saturated rings. The molecular weight excluding hydrogens is 146 g/mol. The summed E-state index contributed by atoms with van der Waals surface area (Å²) >= 11 is 0. The molecule has 0 heterocycles. The van der Waals surface area contributed by atoms with Crippen LogP contribution in [-0.4, -0.2) is 0 Å². The molecule has 0 radical (unpaired) electrons. The highest BCUT2D eigenvalue weighted by Crippen LogP contribution is 2.25. The summed E-state index contributed by atoms with van der Waals surface area (Å²) in [6, 6.07) is 2.24. The second kappa shape index (κ2) is 8.59. The largest absolute Gasteiger partial charge is 0.198 e. The molecule has 0 spiro atoms. The first-order valence-electron chi connectivity index (χ1n) is 5.22. The summed E-state index contributed by atoms with van der Waals surface area (Å²) in [6.07, 6.45) is 8.74. The second-order valence-corrected chi connectivity index (χ2v) is 3.57. The molecule has 0 unspecified atom stereocenters. The van der Waals surface area contributed by atoms with Crippen LogP contribution >= 0.6 is 0 Å². The van der Waals surface area contributed by atoms with Crippen LogP contribution < -0.4 is 0 Å². The molecule has 1 saturated carbocycles. The van der Waals surface area contributed by atoms with Crippen LogP contribution in [0, 0.1) is 17.2 Å². The highest BCUT2D eigenvalue weighted by Gasteiger charge is 2.11. The summed E-state index contributed by atoms with van der Waals surface area (Å²) < 4.78 is 0. The quantitative estimate of drug-likeness (QED) is 0.581. The zero-order chi connectivity index (χ0) is 9.23. The molecule has 0 aromatic carbocycles. The van der Waals surface area contributed by atoms with E-state index < -0.39 is 0 Å². The van der Waals surface area contributed by atoms with Crippen LogP contribution in [0.5, 0.6) is 0 Å². The third kappa shape index (κ3) is 6.22. The predicted octanol–water partition coefficient (Wildman–Crippen LogP) is 3.90. The monoisotopic (exact) mass is 167 g/mol. The molecule has 1 aliphatic carbocycles. The Labute approximate surface area is 76.8 Å². The van der Waals surface area contributed by atoms with Crippen molar-refractivity contribution in [2.75, 3.05) is 0 Å². The van der Waals surface area contributed by atoms with E-state index in [1.807, 2.05) is 0 Å². The Balaban J connectivity index is 0.000000354. The first-order chi connectivity index (χ1) is 5.85. The van der Waals surface area contributed by atoms with Gasteiger partial charge in [0, 0.05) is 6.42 Å². The van der Waals surface area contributed by atoms with E-state index in [1.54, 1.807) is 0 Å². The van der Waals surface area contributed by atoms with Crippen LogP contribution in [0.15, 0.2) is 0 Å². The minimum absolute atomic E-state index is 0.740. The van der Waals surface area contributed by atoms with Crippen molar-refractivity contribution in [3.63, 3.8) is 0 Å². The van der Waals surface area contributed by atoms with Crippen molar-refractivity contribution < 1.29 is 0 Å². The van der Waals surface area contributed by atoms with Crippen molar-refractivity contribution >= 4 is 0 Å². The van der Waals surface area contributed by atoms with Crippen molar-refractivity contribution in [1.82, 2.24) is 0 Å². The van der Waals surface area contributed by atoms with Crippen LogP contribution in [0.4, 0.5) is 0 Å². The second-order valence-electron chi connectivity index (χ2n) is 3.57. The minimum atomic E-state index is 0.740. The van der Waals surface area contributed by atoms with Crippen LogP contribution in [0.3, 0.4) is 0 Å². The summed E-state index contributed by atoms with van der Waals surface area (Å²) in [5.74, 6) is 0.740. The van der Waals surface area contributed by atoms with E-state index in [1.165, 1.54) is 38.5 Å². The third-order valence-electron chi connectivity index (χ3n) is 2.10. The predicted molar refractivity (Wildman–Crippen MR) is 52.8 cm³/mol. The Bertz CT molecular complexity index is 117. The van der Waals surface area contributed by atoms with E-state index in [-0.39, 0.29) is 0 Å². The van der Waals surface area contributed by atoms with Crippen molar-refractivity contribution in [1.29, 1.82) is 5.26 Å². The van der Waals surface area contributed by atoms with Gasteiger partial charge >= 0.3 is 0 Å². The molecule has 0 saturated heterocycles. The molecule has 1 aliphatic rings. The standard InChI is InChI=1S/C8H13N.C3H8/c9-7-6-8-4-2-1-3-5-8;1-3-2/h8H,1-6H2;3H2,1-2H3. The molecule has 12 heavy (non-hydrogen) atoms. The summed E-state index contributed by atoms with van der Waals surface area (Å²) in [6.45, 7) is 4.25. The van der Waals surface area contributed by atoms with Gasteiger partial charge < -0.3 is 0 Å². The van der Waals surface area contributed by atoms with Gasteiger partial charge in [-0.1, -0.05) is 39.5 Å². The molecule has 1 nitrogen and oxygen atoms in total. The Hall–Kier alpha value is -0.510. The molecule has 70 valence electrons. The molecule has 1 heteroatoms. The Morgan fingerprint density at radius 3 is 2.08 bits per heavy atom. The molecular formula is C11H21N. The number of rotatable bonds is 1. The van der Waals surface area contributed by atoms with Gasteiger partial charge in [-0.15, -0.1) is 0 Å². The van der Waals surface area contributed by atoms with Crippen LogP contribution in [0.25, 0.3) is 0 Å². The lowest BCUT2D eigenvalue weighted by Crippen LogP contribution is -2.04. The highest BCUT2D eigenvalue weighted by molar-refractivity contribution is 4.77. The summed E-state index contributed by atoms with van der Waals surface area (Å²) in [7, 11) is 0. The minimum Gasteiger partial charge on any atom is -0.198 e. The fraction of sp³-hybridized carbons (Fsp3) is 0.909. The average Bonchev–Trinajstić information content (AvgIpc) is 2.08. The third-order valence-corrected chi connectivity index (χ3v) is 2.10. The van der Waals surface area contributed by atoms with Crippen LogP contribution in [-0.2, 0) is 0 Å². The lowest BCUT2D eigenvalue weighted by molar-refractivity contribution is 0.364. The van der Waals surface area contributed by atoms with Crippen molar-refractivity contribution in [2.24, 2.45) is 5.92 Å². The van der Waals surface area contributed by atoms with E-state index >= 15 is 0 Å². The first-order valence-corrected chi connectivity index (χ1v) is 5.22. The fourth-order valence-electron chi connectivity index (χ4n) is 1.52. The molecule has 0 N–H and O–H groups in total. The van der Waals surface area contributed by atoms with Crippen molar-refractivity contribution in [2.45, 2.75) is 58.8 Å². The van der Waals surface area contributed by atoms with Gasteiger partial charge in [0.2, 0.25) is 0 Å². The van der Waals surface area contributed by atoms with Gasteiger partial charge in [0.25, 0.3) is 0 Å². The van der Waals surface area contributed by atoms with Gasteiger partial charge in [-0.2, -0.15) is 5.26 Å². The lowest BCUT2D eigenvalue weighted by atomic mass is 9.87. The van der Waals surface area contributed by atoms with Gasteiger partial charge in [0.1, 0.15) is 0 Å². The van der Waals surface area contributed by atoms with Crippen molar-refractivity contribution in [3.8, 4) is 6.07 Å².